The second-order valence-electron chi connectivity index (χ2n) is 6.47. The van der Waals surface area contributed by atoms with Crippen molar-refractivity contribution in [3.05, 3.63) is 66.3 Å². The van der Waals surface area contributed by atoms with Crippen LogP contribution in [0.25, 0.3) is 11.4 Å². The number of rotatable bonds is 4. The van der Waals surface area contributed by atoms with Crippen LogP contribution in [0.1, 0.15) is 23.7 Å². The summed E-state index contributed by atoms with van der Waals surface area (Å²) in [5.41, 5.74) is 2.92. The molecule has 0 aliphatic carbocycles. The number of aromatic nitrogens is 4. The first-order valence-electron chi connectivity index (χ1n) is 8.47. The summed E-state index contributed by atoms with van der Waals surface area (Å²) < 4.78 is 16.2. The van der Waals surface area contributed by atoms with Crippen LogP contribution in [0.15, 0.2) is 49.2 Å². The standard InChI is InChI=1S/C19H20FN5/c1-14-10-23-19(15-2-6-21-7-3-15)25(14)17-5-9-24(13-17)12-16-4-8-22-11-18(16)20/h2-4,6-8,10-11,17H,5,9,12-13H2,1H3. The minimum atomic E-state index is -0.234. The lowest BCUT2D eigenvalue weighted by Gasteiger charge is -2.19. The minimum absolute atomic E-state index is 0.234. The molecule has 1 aliphatic rings. The fourth-order valence-corrected chi connectivity index (χ4v) is 3.56. The van der Waals surface area contributed by atoms with Crippen molar-refractivity contribution in [3.63, 3.8) is 0 Å². The molecule has 0 saturated carbocycles. The van der Waals surface area contributed by atoms with Crippen LogP contribution in [0, 0.1) is 12.7 Å². The third kappa shape index (κ3) is 3.17. The van der Waals surface area contributed by atoms with Gasteiger partial charge in [0.05, 0.1) is 6.20 Å². The monoisotopic (exact) mass is 337 g/mol. The SMILES string of the molecule is Cc1cnc(-c2ccncc2)n1C1CCN(Cc2ccncc2F)C1. The summed E-state index contributed by atoms with van der Waals surface area (Å²) in [6.07, 6.45) is 9.45. The smallest absolute Gasteiger partial charge is 0.145 e. The van der Waals surface area contributed by atoms with Crippen molar-refractivity contribution in [2.45, 2.75) is 25.9 Å². The van der Waals surface area contributed by atoms with Gasteiger partial charge in [-0.3, -0.25) is 14.9 Å². The molecule has 4 heterocycles. The van der Waals surface area contributed by atoms with Gasteiger partial charge in [0.25, 0.3) is 0 Å². The summed E-state index contributed by atoms with van der Waals surface area (Å²) in [6.45, 7) is 4.53. The summed E-state index contributed by atoms with van der Waals surface area (Å²) in [4.78, 5) is 14.8. The zero-order valence-corrected chi connectivity index (χ0v) is 14.1. The van der Waals surface area contributed by atoms with E-state index < -0.39 is 0 Å². The summed E-state index contributed by atoms with van der Waals surface area (Å²) in [6, 6.07) is 6.07. The molecule has 1 aliphatic heterocycles. The Morgan fingerprint density at radius 2 is 1.92 bits per heavy atom. The van der Waals surface area contributed by atoms with Gasteiger partial charge in [-0.05, 0) is 31.5 Å². The van der Waals surface area contributed by atoms with E-state index in [0.29, 0.717) is 18.2 Å². The van der Waals surface area contributed by atoms with E-state index in [-0.39, 0.29) is 5.82 Å². The average Bonchev–Trinajstić information content (AvgIpc) is 3.24. The van der Waals surface area contributed by atoms with Crippen LogP contribution in [0.2, 0.25) is 0 Å². The van der Waals surface area contributed by atoms with Crippen molar-refractivity contribution in [3.8, 4) is 11.4 Å². The Bertz CT molecular complexity index is 861. The van der Waals surface area contributed by atoms with E-state index in [4.69, 9.17) is 0 Å². The van der Waals surface area contributed by atoms with Gasteiger partial charge in [-0.1, -0.05) is 0 Å². The largest absolute Gasteiger partial charge is 0.324 e. The molecule has 1 unspecified atom stereocenters. The first-order chi connectivity index (χ1) is 12.2. The lowest BCUT2D eigenvalue weighted by Crippen LogP contribution is -2.22. The molecule has 3 aromatic heterocycles. The van der Waals surface area contributed by atoms with Crippen LogP contribution in [-0.2, 0) is 6.54 Å². The molecule has 0 radical (unpaired) electrons. The van der Waals surface area contributed by atoms with Gasteiger partial charge in [0.15, 0.2) is 0 Å². The Hall–Kier alpha value is -2.60. The molecular formula is C19H20FN5. The van der Waals surface area contributed by atoms with E-state index >= 15 is 0 Å². The van der Waals surface area contributed by atoms with Gasteiger partial charge in [-0.2, -0.15) is 0 Å². The lowest BCUT2D eigenvalue weighted by atomic mass is 10.2. The maximum absolute atomic E-state index is 13.9. The maximum atomic E-state index is 13.9. The molecule has 0 amide bonds. The number of pyridine rings is 2. The summed E-state index contributed by atoms with van der Waals surface area (Å²) in [5, 5.41) is 0. The topological polar surface area (TPSA) is 46.8 Å². The first kappa shape index (κ1) is 15.9. The zero-order valence-electron chi connectivity index (χ0n) is 14.1. The highest BCUT2D eigenvalue weighted by atomic mass is 19.1. The van der Waals surface area contributed by atoms with Gasteiger partial charge in [-0.15, -0.1) is 0 Å². The van der Waals surface area contributed by atoms with Gasteiger partial charge in [-0.25, -0.2) is 9.37 Å². The second kappa shape index (κ2) is 6.72. The quantitative estimate of drug-likeness (QED) is 0.733. The van der Waals surface area contributed by atoms with Crippen LogP contribution < -0.4 is 0 Å². The van der Waals surface area contributed by atoms with Crippen molar-refractivity contribution >= 4 is 0 Å². The molecule has 3 aromatic rings. The van der Waals surface area contributed by atoms with Crippen molar-refractivity contribution < 1.29 is 4.39 Å². The highest BCUT2D eigenvalue weighted by molar-refractivity contribution is 5.55. The van der Waals surface area contributed by atoms with Gasteiger partial charge >= 0.3 is 0 Å². The molecule has 128 valence electrons. The number of hydrogen-bond acceptors (Lipinski definition) is 4. The Labute approximate surface area is 146 Å². The molecule has 4 rings (SSSR count). The molecule has 0 spiro atoms. The van der Waals surface area contributed by atoms with E-state index in [2.05, 4.69) is 31.3 Å². The molecule has 1 atom stereocenters. The van der Waals surface area contributed by atoms with E-state index in [1.165, 1.54) is 6.20 Å². The van der Waals surface area contributed by atoms with Crippen molar-refractivity contribution in [1.82, 2.24) is 24.4 Å². The van der Waals surface area contributed by atoms with Crippen molar-refractivity contribution in [2.75, 3.05) is 13.1 Å². The number of likely N-dealkylation sites (tertiary alicyclic amines) is 1. The van der Waals surface area contributed by atoms with Gasteiger partial charge in [0.2, 0.25) is 0 Å². The molecule has 1 fully saturated rings. The predicted octanol–water partition coefficient (Wildman–Crippen LogP) is 3.23. The Morgan fingerprint density at radius 3 is 2.72 bits per heavy atom. The third-order valence-electron chi connectivity index (χ3n) is 4.78. The maximum Gasteiger partial charge on any atom is 0.145 e. The van der Waals surface area contributed by atoms with Crippen molar-refractivity contribution in [2.24, 2.45) is 0 Å². The Kier molecular flexibility index (Phi) is 4.28. The van der Waals surface area contributed by atoms with Crippen LogP contribution in [0.3, 0.4) is 0 Å². The van der Waals surface area contributed by atoms with Crippen LogP contribution >= 0.6 is 0 Å². The van der Waals surface area contributed by atoms with Crippen molar-refractivity contribution in [1.29, 1.82) is 0 Å². The molecule has 1 saturated heterocycles. The summed E-state index contributed by atoms with van der Waals surface area (Å²) >= 11 is 0. The first-order valence-corrected chi connectivity index (χ1v) is 8.47. The number of nitrogens with zero attached hydrogens (tertiary/aromatic N) is 5. The fraction of sp³-hybridized carbons (Fsp3) is 0.316. The number of imidazole rings is 1. The molecule has 0 N–H and O–H groups in total. The third-order valence-corrected chi connectivity index (χ3v) is 4.78. The van der Waals surface area contributed by atoms with Crippen LogP contribution in [0.5, 0.6) is 0 Å². The molecule has 6 heteroatoms. The van der Waals surface area contributed by atoms with E-state index in [9.17, 15) is 4.39 Å². The van der Waals surface area contributed by atoms with Crippen LogP contribution in [0.4, 0.5) is 4.39 Å². The molecule has 5 nitrogen and oxygen atoms in total. The zero-order chi connectivity index (χ0) is 17.2. The summed E-state index contributed by atoms with van der Waals surface area (Å²) in [5.74, 6) is 0.740. The van der Waals surface area contributed by atoms with Gasteiger partial charge < -0.3 is 4.57 Å². The van der Waals surface area contributed by atoms with E-state index in [0.717, 1.165) is 36.6 Å². The Balaban J connectivity index is 1.55. The second-order valence-corrected chi connectivity index (χ2v) is 6.47. The van der Waals surface area contributed by atoms with Gasteiger partial charge in [0, 0.05) is 67.3 Å². The molecule has 0 aromatic carbocycles. The molecule has 25 heavy (non-hydrogen) atoms. The minimum Gasteiger partial charge on any atom is -0.324 e. The van der Waals surface area contributed by atoms with Gasteiger partial charge in [0.1, 0.15) is 11.6 Å². The molecular weight excluding hydrogens is 317 g/mol. The van der Waals surface area contributed by atoms with E-state index in [1.807, 2.05) is 18.3 Å². The fourth-order valence-electron chi connectivity index (χ4n) is 3.56. The number of aryl methyl sites for hydroxylation is 1. The lowest BCUT2D eigenvalue weighted by molar-refractivity contribution is 0.310. The highest BCUT2D eigenvalue weighted by Crippen LogP contribution is 2.30. The summed E-state index contributed by atoms with van der Waals surface area (Å²) in [7, 11) is 0. The Morgan fingerprint density at radius 1 is 1.12 bits per heavy atom. The number of hydrogen-bond donors (Lipinski definition) is 0. The van der Waals surface area contributed by atoms with E-state index in [1.54, 1.807) is 24.7 Å². The normalized spacial score (nSPS) is 17.9. The molecule has 0 bridgehead atoms. The highest BCUT2D eigenvalue weighted by Gasteiger charge is 2.27. The number of halogens is 1. The predicted molar refractivity (Wildman–Crippen MR) is 93.3 cm³/mol. The average molecular weight is 337 g/mol. The van der Waals surface area contributed by atoms with Crippen LogP contribution in [-0.4, -0.2) is 37.5 Å².